The van der Waals surface area contributed by atoms with Crippen LogP contribution in [0.15, 0.2) is 18.5 Å². The molecular formula is C5H4NO. The van der Waals surface area contributed by atoms with Gasteiger partial charge in [-0.2, -0.15) is 0 Å². The zero-order chi connectivity index (χ0) is 5.11. The van der Waals surface area contributed by atoms with Crippen LogP contribution in [-0.2, 0) is 0 Å². The summed E-state index contributed by atoms with van der Waals surface area (Å²) in [6.07, 6.45) is 2.84. The van der Waals surface area contributed by atoms with Gasteiger partial charge in [0.2, 0.25) is 0 Å². The predicted molar refractivity (Wildman–Crippen MR) is 24.7 cm³/mol. The fourth-order valence-electron chi connectivity index (χ4n) is 0.317. The molecule has 2 nitrogen and oxygen atoms in total. The monoisotopic (exact) mass is 94.0 g/mol. The molecule has 1 aromatic heterocycles. The predicted octanol–water partition coefficient (Wildman–Crippen LogP) is 0.587. The molecule has 0 spiro atoms. The number of aromatic nitrogens is 1. The lowest BCUT2D eigenvalue weighted by Crippen LogP contribution is -1.65. The lowest BCUT2D eigenvalue weighted by atomic mass is 10.5. The minimum atomic E-state index is 0.155. The van der Waals surface area contributed by atoms with Crippen LogP contribution < -0.4 is 0 Å². The second kappa shape index (κ2) is 1.60. The quantitative estimate of drug-likeness (QED) is 0.510. The number of rotatable bonds is 0. The highest BCUT2D eigenvalue weighted by molar-refractivity contribution is 5.11. The molecule has 2 heteroatoms. The minimum Gasteiger partial charge on any atom is -0.506 e. The fourth-order valence-corrected chi connectivity index (χ4v) is 0.317. The van der Waals surface area contributed by atoms with Gasteiger partial charge >= 0.3 is 0 Å². The molecule has 1 N–H and O–H groups in total. The van der Waals surface area contributed by atoms with Crippen LogP contribution in [0.2, 0.25) is 0 Å². The first-order valence-electron chi connectivity index (χ1n) is 1.89. The van der Waals surface area contributed by atoms with Gasteiger partial charge in [0, 0.05) is 12.3 Å². The standard InChI is InChI=1S/C5H4NO/c7-5-2-1-3-6-4-5/h2-4,7H. The summed E-state index contributed by atoms with van der Waals surface area (Å²) in [5.74, 6) is 0.155. The molecule has 0 aliphatic carbocycles. The van der Waals surface area contributed by atoms with Crippen LogP contribution in [0.5, 0.6) is 5.75 Å². The Kier molecular flexibility index (Phi) is 0.941. The minimum absolute atomic E-state index is 0.155. The Morgan fingerprint density at radius 2 is 2.57 bits per heavy atom. The second-order valence-corrected chi connectivity index (χ2v) is 1.14. The smallest absolute Gasteiger partial charge is 0.134 e. The van der Waals surface area contributed by atoms with Crippen LogP contribution in [0.3, 0.4) is 0 Å². The van der Waals surface area contributed by atoms with Crippen molar-refractivity contribution in [3.63, 3.8) is 0 Å². The first-order chi connectivity index (χ1) is 3.39. The van der Waals surface area contributed by atoms with Crippen LogP contribution >= 0.6 is 0 Å². The van der Waals surface area contributed by atoms with Gasteiger partial charge in [0.1, 0.15) is 5.75 Å². The zero-order valence-electron chi connectivity index (χ0n) is 3.63. The number of hydrogen-bond acceptors (Lipinski definition) is 2. The third kappa shape index (κ3) is 0.892. The molecule has 35 valence electrons. The average Bonchev–Trinajstić information content (AvgIpc) is 1.69. The van der Waals surface area contributed by atoms with E-state index in [1.54, 1.807) is 0 Å². The average molecular weight is 94.1 g/mol. The molecule has 0 amide bonds. The Balaban J connectivity index is 3.02. The van der Waals surface area contributed by atoms with Crippen molar-refractivity contribution in [2.75, 3.05) is 0 Å². The highest BCUT2D eigenvalue weighted by atomic mass is 16.3. The van der Waals surface area contributed by atoms with Gasteiger partial charge in [-0.3, -0.25) is 4.98 Å². The van der Waals surface area contributed by atoms with E-state index in [2.05, 4.69) is 11.1 Å². The summed E-state index contributed by atoms with van der Waals surface area (Å²) in [4.78, 5) is 3.58. The van der Waals surface area contributed by atoms with E-state index in [-0.39, 0.29) is 5.75 Å². The summed E-state index contributed by atoms with van der Waals surface area (Å²) >= 11 is 0. The lowest BCUT2D eigenvalue weighted by molar-refractivity contribution is 0.472. The van der Waals surface area contributed by atoms with Crippen LogP contribution in [-0.4, -0.2) is 10.1 Å². The molecule has 0 saturated carbocycles. The molecule has 0 fully saturated rings. The van der Waals surface area contributed by atoms with E-state index in [0.29, 0.717) is 0 Å². The Hall–Kier alpha value is -1.05. The summed E-state index contributed by atoms with van der Waals surface area (Å²) in [6, 6.07) is 4.05. The maximum atomic E-state index is 8.54. The molecular weight excluding hydrogens is 90.1 g/mol. The molecule has 0 atom stereocenters. The van der Waals surface area contributed by atoms with Gasteiger partial charge in [0.05, 0.1) is 6.20 Å². The molecule has 0 aromatic carbocycles. The van der Waals surface area contributed by atoms with Crippen LogP contribution in [0.4, 0.5) is 0 Å². The van der Waals surface area contributed by atoms with E-state index < -0.39 is 0 Å². The van der Waals surface area contributed by atoms with E-state index >= 15 is 0 Å². The van der Waals surface area contributed by atoms with Crippen molar-refractivity contribution in [1.29, 1.82) is 0 Å². The summed E-state index contributed by atoms with van der Waals surface area (Å²) in [6.45, 7) is 0. The van der Waals surface area contributed by atoms with Crippen LogP contribution in [0, 0.1) is 6.07 Å². The van der Waals surface area contributed by atoms with Crippen molar-refractivity contribution in [2.45, 2.75) is 0 Å². The Labute approximate surface area is 41.4 Å². The Morgan fingerprint density at radius 1 is 1.71 bits per heavy atom. The van der Waals surface area contributed by atoms with E-state index in [0.717, 1.165) is 0 Å². The number of hydrogen-bond donors (Lipinski definition) is 1. The molecule has 0 saturated heterocycles. The molecule has 0 unspecified atom stereocenters. The largest absolute Gasteiger partial charge is 0.506 e. The highest BCUT2D eigenvalue weighted by Gasteiger charge is 1.76. The molecule has 1 aromatic rings. The first-order valence-corrected chi connectivity index (χ1v) is 1.89. The first kappa shape index (κ1) is 4.12. The highest BCUT2D eigenvalue weighted by Crippen LogP contribution is 1.99. The van der Waals surface area contributed by atoms with Gasteiger partial charge in [0.15, 0.2) is 0 Å². The van der Waals surface area contributed by atoms with Crippen molar-refractivity contribution in [2.24, 2.45) is 0 Å². The molecule has 7 heavy (non-hydrogen) atoms. The molecule has 1 heterocycles. The van der Waals surface area contributed by atoms with Crippen molar-refractivity contribution < 1.29 is 5.11 Å². The van der Waals surface area contributed by atoms with Gasteiger partial charge in [0.25, 0.3) is 0 Å². The zero-order valence-corrected chi connectivity index (χ0v) is 3.63. The van der Waals surface area contributed by atoms with E-state index in [4.69, 9.17) is 5.11 Å². The lowest BCUT2D eigenvalue weighted by Gasteiger charge is -1.81. The maximum absolute atomic E-state index is 8.54. The van der Waals surface area contributed by atoms with E-state index in [1.807, 2.05) is 0 Å². The Morgan fingerprint density at radius 3 is 2.86 bits per heavy atom. The molecule has 1 rings (SSSR count). The van der Waals surface area contributed by atoms with Gasteiger partial charge in [-0.25, -0.2) is 0 Å². The number of nitrogens with zero attached hydrogens (tertiary/aromatic N) is 1. The summed E-state index contributed by atoms with van der Waals surface area (Å²) in [7, 11) is 0. The molecule has 1 radical (unpaired) electrons. The molecule has 0 aliphatic rings. The fraction of sp³-hybridized carbons (Fsp3) is 0. The van der Waals surface area contributed by atoms with Gasteiger partial charge in [-0.1, -0.05) is 0 Å². The summed E-state index contributed by atoms with van der Waals surface area (Å²) in [5.41, 5.74) is 0. The SMILES string of the molecule is Oc1c[c]cnc1. The Bertz CT molecular complexity index is 138. The molecule has 0 aliphatic heterocycles. The number of pyridine rings is 1. The third-order valence-electron chi connectivity index (χ3n) is 0.587. The van der Waals surface area contributed by atoms with Crippen molar-refractivity contribution in [3.05, 3.63) is 24.5 Å². The van der Waals surface area contributed by atoms with E-state index in [9.17, 15) is 0 Å². The summed E-state index contributed by atoms with van der Waals surface area (Å²) in [5, 5.41) is 8.54. The molecule has 0 bridgehead atoms. The van der Waals surface area contributed by atoms with Crippen molar-refractivity contribution in [3.8, 4) is 5.75 Å². The maximum Gasteiger partial charge on any atom is 0.134 e. The van der Waals surface area contributed by atoms with Crippen molar-refractivity contribution in [1.82, 2.24) is 4.98 Å². The van der Waals surface area contributed by atoms with Gasteiger partial charge in [-0.05, 0) is 6.07 Å². The van der Waals surface area contributed by atoms with Crippen molar-refractivity contribution >= 4 is 0 Å². The van der Waals surface area contributed by atoms with Crippen LogP contribution in [0.25, 0.3) is 0 Å². The third-order valence-corrected chi connectivity index (χ3v) is 0.587. The van der Waals surface area contributed by atoms with E-state index in [1.165, 1.54) is 18.5 Å². The summed E-state index contributed by atoms with van der Waals surface area (Å²) < 4.78 is 0. The normalized spacial score (nSPS) is 8.57. The second-order valence-electron chi connectivity index (χ2n) is 1.14. The number of aromatic hydroxyl groups is 1. The van der Waals surface area contributed by atoms with Crippen LogP contribution in [0.1, 0.15) is 0 Å². The van der Waals surface area contributed by atoms with Gasteiger partial charge < -0.3 is 5.11 Å². The topological polar surface area (TPSA) is 33.1 Å². The van der Waals surface area contributed by atoms with Gasteiger partial charge in [-0.15, -0.1) is 0 Å².